The van der Waals surface area contributed by atoms with Crippen LogP contribution in [0, 0.1) is 51.2 Å². The summed E-state index contributed by atoms with van der Waals surface area (Å²) in [6, 6.07) is 0. The molecule has 0 N–H and O–H groups in total. The van der Waals surface area contributed by atoms with Crippen LogP contribution >= 0.6 is 0 Å². The van der Waals surface area contributed by atoms with E-state index < -0.39 is 0 Å². The van der Waals surface area contributed by atoms with E-state index in [9.17, 15) is 19.2 Å². The standard InChI is InChI=1S/2C19H24O2/c2*1-18-9-7-13(20)11-12(18)3-4-14-15-5-6-17(21)19(15,2)10-8-16(14)18/h7,9,11,14-16H,3-6,8,10H2,1-2H3;5-6,12,16H,3-4,7-11H2,1-2H3/t14-,15-,16-,18-,19-;12?,16-,18-,19-/m00/s1. The topological polar surface area (TPSA) is 68.3 Å². The van der Waals surface area contributed by atoms with Gasteiger partial charge in [0.2, 0.25) is 0 Å². The van der Waals surface area contributed by atoms with Crippen LogP contribution in [0.2, 0.25) is 0 Å². The fraction of sp³-hybridized carbons (Fsp3) is 0.684. The van der Waals surface area contributed by atoms with Gasteiger partial charge in [0, 0.05) is 30.1 Å². The van der Waals surface area contributed by atoms with Crippen LogP contribution in [0.3, 0.4) is 0 Å². The van der Waals surface area contributed by atoms with Gasteiger partial charge >= 0.3 is 0 Å². The van der Waals surface area contributed by atoms with Crippen molar-refractivity contribution in [3.63, 3.8) is 0 Å². The molecule has 9 atom stereocenters. The first-order valence-corrected chi connectivity index (χ1v) is 16.9. The lowest BCUT2D eigenvalue weighted by atomic mass is 9.48. The van der Waals surface area contributed by atoms with Crippen molar-refractivity contribution in [2.24, 2.45) is 51.2 Å². The van der Waals surface area contributed by atoms with Gasteiger partial charge < -0.3 is 0 Å². The average molecular weight is 569 g/mol. The van der Waals surface area contributed by atoms with E-state index in [1.54, 1.807) is 17.7 Å². The van der Waals surface area contributed by atoms with Gasteiger partial charge in [0.15, 0.2) is 11.6 Å². The summed E-state index contributed by atoms with van der Waals surface area (Å²) in [6.07, 6.45) is 22.9. The summed E-state index contributed by atoms with van der Waals surface area (Å²) in [4.78, 5) is 48.1. The molecule has 0 aliphatic heterocycles. The zero-order valence-corrected chi connectivity index (χ0v) is 26.1. The Morgan fingerprint density at radius 1 is 0.738 bits per heavy atom. The van der Waals surface area contributed by atoms with Crippen LogP contribution in [-0.4, -0.2) is 23.1 Å². The highest BCUT2D eigenvalue weighted by Crippen LogP contribution is 2.64. The summed E-state index contributed by atoms with van der Waals surface area (Å²) in [5, 5.41) is 0. The van der Waals surface area contributed by atoms with Gasteiger partial charge in [0.1, 0.15) is 11.6 Å². The van der Waals surface area contributed by atoms with Crippen LogP contribution in [-0.2, 0) is 19.2 Å². The Labute approximate surface area is 251 Å². The number of hydrogen-bond acceptors (Lipinski definition) is 4. The van der Waals surface area contributed by atoms with Gasteiger partial charge in [-0.25, -0.2) is 0 Å². The second-order valence-electron chi connectivity index (χ2n) is 16.1. The van der Waals surface area contributed by atoms with Gasteiger partial charge in [-0.1, -0.05) is 44.1 Å². The van der Waals surface area contributed by atoms with Gasteiger partial charge in [0.25, 0.3) is 0 Å². The fourth-order valence-electron chi connectivity index (χ4n) is 11.6. The minimum atomic E-state index is -0.237. The number of allylic oxidation sites excluding steroid dienone is 8. The number of carbonyl (C=O) groups excluding carboxylic acids is 4. The van der Waals surface area contributed by atoms with E-state index >= 15 is 0 Å². The number of ketones is 4. The molecule has 0 aromatic heterocycles. The van der Waals surface area contributed by atoms with E-state index in [-0.39, 0.29) is 27.4 Å². The van der Waals surface area contributed by atoms with Crippen molar-refractivity contribution in [1.29, 1.82) is 0 Å². The number of hydrogen-bond donors (Lipinski definition) is 0. The minimum Gasteiger partial charge on any atom is -0.300 e. The SMILES string of the molecule is C[C@]12C=CC(=O)C=C1CC[C@@H]1[C@@H]2CC[C@]2(C)C(=O)CC[C@@H]12.C[C@]12CC[C@H]3C(=C1C=CC2=O)CCC1CC(=O)CC[C@@]13C. The van der Waals surface area contributed by atoms with Crippen molar-refractivity contribution < 1.29 is 19.2 Å². The third-order valence-corrected chi connectivity index (χ3v) is 14.4. The normalized spacial score (nSPS) is 47.0. The van der Waals surface area contributed by atoms with Crippen LogP contribution in [0.1, 0.15) is 111 Å². The summed E-state index contributed by atoms with van der Waals surface area (Å²) in [5.74, 6) is 4.44. The van der Waals surface area contributed by atoms with Crippen molar-refractivity contribution in [1.82, 2.24) is 0 Å². The summed E-state index contributed by atoms with van der Waals surface area (Å²) in [5.41, 5.74) is 4.29. The molecule has 0 radical (unpaired) electrons. The third-order valence-electron chi connectivity index (χ3n) is 14.4. The summed E-state index contributed by atoms with van der Waals surface area (Å²) >= 11 is 0. The van der Waals surface area contributed by atoms with E-state index in [2.05, 4.69) is 39.8 Å². The Hall–Kier alpha value is -2.36. The molecule has 0 aromatic rings. The molecule has 0 aromatic carbocycles. The Bertz CT molecular complexity index is 1390. The van der Waals surface area contributed by atoms with E-state index in [0.29, 0.717) is 46.9 Å². The molecule has 8 rings (SSSR count). The molecular weight excluding hydrogens is 520 g/mol. The number of carbonyl (C=O) groups is 4. The molecule has 0 saturated heterocycles. The van der Waals surface area contributed by atoms with Crippen molar-refractivity contribution >= 4 is 23.1 Å². The van der Waals surface area contributed by atoms with Gasteiger partial charge in [-0.15, -0.1) is 0 Å². The molecule has 8 aliphatic carbocycles. The first-order chi connectivity index (χ1) is 19.9. The number of Topliss-reactive ketones (excluding diaryl/α,β-unsaturated/α-hetero) is 2. The average Bonchev–Trinajstić information content (AvgIpc) is 3.44. The molecule has 42 heavy (non-hydrogen) atoms. The second-order valence-corrected chi connectivity index (χ2v) is 16.1. The highest BCUT2D eigenvalue weighted by atomic mass is 16.1. The molecule has 224 valence electrons. The quantitative estimate of drug-likeness (QED) is 0.298. The van der Waals surface area contributed by atoms with E-state index in [0.717, 1.165) is 77.0 Å². The Morgan fingerprint density at radius 3 is 2.36 bits per heavy atom. The second kappa shape index (κ2) is 9.57. The fourth-order valence-corrected chi connectivity index (χ4v) is 11.6. The van der Waals surface area contributed by atoms with E-state index in [1.807, 2.05) is 6.08 Å². The monoisotopic (exact) mass is 568 g/mol. The lowest BCUT2D eigenvalue weighted by Gasteiger charge is -2.55. The Balaban J connectivity index is 0.000000137. The summed E-state index contributed by atoms with van der Waals surface area (Å²) in [6.45, 7) is 9.08. The van der Waals surface area contributed by atoms with E-state index in [4.69, 9.17) is 0 Å². The van der Waals surface area contributed by atoms with Crippen molar-refractivity contribution in [3.05, 3.63) is 47.1 Å². The lowest BCUT2D eigenvalue weighted by Crippen LogP contribution is -2.49. The summed E-state index contributed by atoms with van der Waals surface area (Å²) < 4.78 is 0. The molecule has 8 aliphatic rings. The number of rotatable bonds is 0. The zero-order chi connectivity index (χ0) is 29.7. The molecule has 0 spiro atoms. The summed E-state index contributed by atoms with van der Waals surface area (Å²) in [7, 11) is 0. The predicted octanol–water partition coefficient (Wildman–Crippen LogP) is 7.87. The smallest absolute Gasteiger partial charge is 0.178 e. The van der Waals surface area contributed by atoms with Crippen LogP contribution < -0.4 is 0 Å². The number of fused-ring (bicyclic) bond motifs is 9. The van der Waals surface area contributed by atoms with Crippen LogP contribution in [0.5, 0.6) is 0 Å². The van der Waals surface area contributed by atoms with Crippen LogP contribution in [0.15, 0.2) is 47.1 Å². The largest absolute Gasteiger partial charge is 0.300 e. The van der Waals surface area contributed by atoms with Crippen LogP contribution in [0.4, 0.5) is 0 Å². The molecule has 4 heteroatoms. The van der Waals surface area contributed by atoms with Gasteiger partial charge in [-0.2, -0.15) is 0 Å². The first-order valence-electron chi connectivity index (χ1n) is 16.9. The molecule has 1 unspecified atom stereocenters. The van der Waals surface area contributed by atoms with E-state index in [1.165, 1.54) is 17.6 Å². The molecule has 4 nitrogen and oxygen atoms in total. The first kappa shape index (κ1) is 28.4. The maximum atomic E-state index is 12.3. The third kappa shape index (κ3) is 3.91. The minimum absolute atomic E-state index is 0.0487. The Morgan fingerprint density at radius 2 is 1.55 bits per heavy atom. The van der Waals surface area contributed by atoms with Crippen molar-refractivity contribution in [2.75, 3.05) is 0 Å². The predicted molar refractivity (Wildman–Crippen MR) is 163 cm³/mol. The molecule has 0 amide bonds. The zero-order valence-electron chi connectivity index (χ0n) is 26.1. The lowest BCUT2D eigenvalue weighted by molar-refractivity contribution is -0.131. The van der Waals surface area contributed by atoms with Crippen molar-refractivity contribution in [3.8, 4) is 0 Å². The molecule has 5 fully saturated rings. The molecule has 5 saturated carbocycles. The highest BCUT2D eigenvalue weighted by Gasteiger charge is 2.58. The van der Waals surface area contributed by atoms with Crippen molar-refractivity contribution in [2.45, 2.75) is 111 Å². The molecule has 0 heterocycles. The van der Waals surface area contributed by atoms with Gasteiger partial charge in [0.05, 0.1) is 5.41 Å². The van der Waals surface area contributed by atoms with Gasteiger partial charge in [-0.3, -0.25) is 19.2 Å². The maximum absolute atomic E-state index is 12.3. The van der Waals surface area contributed by atoms with Crippen LogP contribution in [0.25, 0.3) is 0 Å². The maximum Gasteiger partial charge on any atom is 0.178 e. The molecular formula is C38H48O4. The molecule has 0 bridgehead atoms. The van der Waals surface area contributed by atoms with Gasteiger partial charge in [-0.05, 0) is 130 Å². The highest BCUT2D eigenvalue weighted by molar-refractivity contribution is 6.02. The Kier molecular flexibility index (Phi) is 6.47.